The van der Waals surface area contributed by atoms with E-state index in [1.807, 2.05) is 0 Å². The first-order valence-corrected chi connectivity index (χ1v) is 9.07. The summed E-state index contributed by atoms with van der Waals surface area (Å²) in [6, 6.07) is 10.1. The van der Waals surface area contributed by atoms with Crippen LogP contribution in [0.5, 0.6) is 17.2 Å². The highest BCUT2D eigenvalue weighted by Gasteiger charge is 2.35. The highest BCUT2D eigenvalue weighted by molar-refractivity contribution is 8.18. The average molecular weight is 406 g/mol. The molecule has 1 aliphatic rings. The van der Waals surface area contributed by atoms with E-state index in [0.717, 1.165) is 17.3 Å². The van der Waals surface area contributed by atoms with Crippen LogP contribution in [0.1, 0.15) is 11.1 Å². The molecule has 0 saturated carbocycles. The van der Waals surface area contributed by atoms with Crippen molar-refractivity contribution in [1.82, 2.24) is 4.90 Å². The number of hydrogen-bond acceptors (Lipinski definition) is 6. The maximum atomic E-state index is 12.6. The quantitative estimate of drug-likeness (QED) is 0.747. The van der Waals surface area contributed by atoms with Crippen molar-refractivity contribution in [2.75, 3.05) is 14.2 Å². The van der Waals surface area contributed by atoms with Gasteiger partial charge in [-0.25, -0.2) is 0 Å². The second kappa shape index (κ2) is 7.94. The van der Waals surface area contributed by atoms with Crippen LogP contribution in [0, 0.1) is 0 Å². The van der Waals surface area contributed by atoms with Gasteiger partial charge in [0.2, 0.25) is 5.75 Å². The SMILES string of the molecule is COc1cc(/C=C2/SC(=O)N(Cc3ccc(Cl)cc3)C2=O)cc(OC)c1O. The van der Waals surface area contributed by atoms with Crippen molar-refractivity contribution < 1.29 is 24.2 Å². The van der Waals surface area contributed by atoms with Gasteiger partial charge in [0, 0.05) is 5.02 Å². The summed E-state index contributed by atoms with van der Waals surface area (Å²) >= 11 is 6.72. The summed E-state index contributed by atoms with van der Waals surface area (Å²) in [6.45, 7) is 0.168. The summed E-state index contributed by atoms with van der Waals surface area (Å²) in [5, 5.41) is 10.2. The Morgan fingerprint density at radius 3 is 2.26 bits per heavy atom. The second-order valence-electron chi connectivity index (χ2n) is 5.67. The predicted octanol–water partition coefficient (Wildman–Crippen LogP) is 4.30. The molecule has 8 heteroatoms. The summed E-state index contributed by atoms with van der Waals surface area (Å²) < 4.78 is 10.2. The fourth-order valence-corrected chi connectivity index (χ4v) is 3.52. The maximum absolute atomic E-state index is 12.6. The number of carbonyl (C=O) groups is 2. The summed E-state index contributed by atoms with van der Waals surface area (Å²) in [6.07, 6.45) is 1.57. The Balaban J connectivity index is 1.87. The number of rotatable bonds is 5. The number of ether oxygens (including phenoxy) is 2. The van der Waals surface area contributed by atoms with Crippen molar-refractivity contribution >= 4 is 40.6 Å². The molecule has 2 aromatic carbocycles. The molecule has 0 unspecified atom stereocenters. The summed E-state index contributed by atoms with van der Waals surface area (Å²) in [4.78, 5) is 26.4. The molecule has 1 heterocycles. The van der Waals surface area contributed by atoms with E-state index in [-0.39, 0.29) is 39.8 Å². The number of halogens is 1. The van der Waals surface area contributed by atoms with Crippen LogP contribution in [-0.2, 0) is 11.3 Å². The lowest BCUT2D eigenvalue weighted by molar-refractivity contribution is -0.123. The zero-order chi connectivity index (χ0) is 19.6. The third-order valence-corrected chi connectivity index (χ3v) is 5.09. The molecule has 1 aliphatic heterocycles. The zero-order valence-corrected chi connectivity index (χ0v) is 16.1. The van der Waals surface area contributed by atoms with Crippen LogP contribution in [0.25, 0.3) is 6.08 Å². The third-order valence-electron chi connectivity index (χ3n) is 3.93. The van der Waals surface area contributed by atoms with Gasteiger partial charge in [0.25, 0.3) is 11.1 Å². The maximum Gasteiger partial charge on any atom is 0.293 e. The Hall–Kier alpha value is -2.64. The molecule has 6 nitrogen and oxygen atoms in total. The Kier molecular flexibility index (Phi) is 5.62. The number of phenolic OH excluding ortho intramolecular Hbond substituents is 1. The normalized spacial score (nSPS) is 15.5. The monoisotopic (exact) mass is 405 g/mol. The van der Waals surface area contributed by atoms with Gasteiger partial charge in [0.1, 0.15) is 0 Å². The molecule has 140 valence electrons. The zero-order valence-electron chi connectivity index (χ0n) is 14.6. The standard InChI is InChI=1S/C19H16ClNO5S/c1-25-14-7-12(8-15(26-2)17(14)22)9-16-18(23)21(19(24)27-16)10-11-3-5-13(20)6-4-11/h3-9,22H,10H2,1-2H3/b16-9+. The Morgan fingerprint density at radius 2 is 1.70 bits per heavy atom. The van der Waals surface area contributed by atoms with Crippen molar-refractivity contribution in [3.8, 4) is 17.2 Å². The minimum absolute atomic E-state index is 0.131. The molecule has 1 saturated heterocycles. The molecule has 27 heavy (non-hydrogen) atoms. The van der Waals surface area contributed by atoms with Crippen LogP contribution >= 0.6 is 23.4 Å². The van der Waals surface area contributed by atoms with Crippen LogP contribution in [0.4, 0.5) is 4.79 Å². The second-order valence-corrected chi connectivity index (χ2v) is 7.10. The molecule has 0 bridgehead atoms. The highest BCUT2D eigenvalue weighted by Crippen LogP contribution is 2.39. The van der Waals surface area contributed by atoms with Crippen LogP contribution in [-0.4, -0.2) is 35.4 Å². The van der Waals surface area contributed by atoms with E-state index in [4.69, 9.17) is 21.1 Å². The number of phenols is 1. The minimum Gasteiger partial charge on any atom is -0.502 e. The van der Waals surface area contributed by atoms with E-state index < -0.39 is 0 Å². The largest absolute Gasteiger partial charge is 0.502 e. The fourth-order valence-electron chi connectivity index (χ4n) is 2.56. The molecule has 0 aromatic heterocycles. The smallest absolute Gasteiger partial charge is 0.293 e. The van der Waals surface area contributed by atoms with Gasteiger partial charge >= 0.3 is 0 Å². The van der Waals surface area contributed by atoms with Gasteiger partial charge in [-0.05, 0) is 53.2 Å². The number of methoxy groups -OCH3 is 2. The van der Waals surface area contributed by atoms with Crippen molar-refractivity contribution in [2.24, 2.45) is 0 Å². The first kappa shape index (κ1) is 19.1. The molecule has 2 aromatic rings. The van der Waals surface area contributed by atoms with E-state index in [1.165, 1.54) is 19.1 Å². The van der Waals surface area contributed by atoms with Gasteiger partial charge in [-0.3, -0.25) is 14.5 Å². The number of thioether (sulfide) groups is 1. The van der Waals surface area contributed by atoms with Crippen molar-refractivity contribution in [3.05, 3.63) is 57.5 Å². The summed E-state index contributed by atoms with van der Waals surface area (Å²) in [5.74, 6) is -0.0964. The molecule has 0 radical (unpaired) electrons. The molecule has 1 N–H and O–H groups in total. The highest BCUT2D eigenvalue weighted by atomic mass is 35.5. The first-order valence-electron chi connectivity index (χ1n) is 7.87. The van der Waals surface area contributed by atoms with Crippen molar-refractivity contribution in [3.63, 3.8) is 0 Å². The summed E-state index contributed by atoms with van der Waals surface area (Å²) in [5.41, 5.74) is 1.37. The van der Waals surface area contributed by atoms with E-state index in [1.54, 1.807) is 42.5 Å². The lowest BCUT2D eigenvalue weighted by Crippen LogP contribution is -2.27. The van der Waals surface area contributed by atoms with Gasteiger partial charge in [-0.15, -0.1) is 0 Å². The van der Waals surface area contributed by atoms with Crippen LogP contribution in [0.15, 0.2) is 41.3 Å². The first-order chi connectivity index (χ1) is 12.9. The lowest BCUT2D eigenvalue weighted by Gasteiger charge is -2.12. The van der Waals surface area contributed by atoms with Crippen LogP contribution in [0.3, 0.4) is 0 Å². The summed E-state index contributed by atoms with van der Waals surface area (Å²) in [7, 11) is 2.83. The van der Waals surface area contributed by atoms with Crippen molar-refractivity contribution in [2.45, 2.75) is 6.54 Å². The molecule has 1 fully saturated rings. The van der Waals surface area contributed by atoms with E-state index in [9.17, 15) is 14.7 Å². The number of amides is 2. The molecule has 0 spiro atoms. The van der Waals surface area contributed by atoms with Crippen molar-refractivity contribution in [1.29, 1.82) is 0 Å². The molecule has 3 rings (SSSR count). The van der Waals surface area contributed by atoms with Gasteiger partial charge < -0.3 is 14.6 Å². The van der Waals surface area contributed by atoms with Gasteiger partial charge in [-0.2, -0.15) is 0 Å². The van der Waals surface area contributed by atoms with Gasteiger partial charge in [-0.1, -0.05) is 23.7 Å². The average Bonchev–Trinajstić information content (AvgIpc) is 2.92. The number of nitrogens with zero attached hydrogens (tertiary/aromatic N) is 1. The number of imide groups is 1. The van der Waals surface area contributed by atoms with E-state index in [2.05, 4.69) is 0 Å². The molecule has 2 amide bonds. The minimum atomic E-state index is -0.383. The van der Waals surface area contributed by atoms with Gasteiger partial charge in [0.15, 0.2) is 11.5 Å². The molecule has 0 aliphatic carbocycles. The van der Waals surface area contributed by atoms with Gasteiger partial charge in [0.05, 0.1) is 25.7 Å². The fraction of sp³-hybridized carbons (Fsp3) is 0.158. The molecule has 0 atom stereocenters. The predicted molar refractivity (Wildman–Crippen MR) is 104 cm³/mol. The lowest BCUT2D eigenvalue weighted by atomic mass is 10.1. The van der Waals surface area contributed by atoms with Crippen LogP contribution < -0.4 is 9.47 Å². The third kappa shape index (κ3) is 4.04. The molecular formula is C19H16ClNO5S. The number of benzene rings is 2. The number of carbonyl (C=O) groups excluding carboxylic acids is 2. The van der Waals surface area contributed by atoms with E-state index in [0.29, 0.717) is 10.6 Å². The topological polar surface area (TPSA) is 76.1 Å². The number of hydrogen-bond donors (Lipinski definition) is 1. The van der Waals surface area contributed by atoms with Crippen LogP contribution in [0.2, 0.25) is 5.02 Å². The molecular weight excluding hydrogens is 390 g/mol. The Labute approximate surface area is 165 Å². The Morgan fingerprint density at radius 1 is 1.11 bits per heavy atom. The van der Waals surface area contributed by atoms with E-state index >= 15 is 0 Å². The number of aromatic hydroxyl groups is 1. The Bertz CT molecular complexity index is 901.